The van der Waals surface area contributed by atoms with Gasteiger partial charge in [-0.3, -0.25) is 9.59 Å². The molecule has 0 aromatic heterocycles. The highest BCUT2D eigenvalue weighted by atomic mass is 16.2. The average Bonchev–Trinajstić information content (AvgIpc) is 2.02. The van der Waals surface area contributed by atoms with Gasteiger partial charge < -0.3 is 0 Å². The molecule has 0 saturated heterocycles. The van der Waals surface area contributed by atoms with Gasteiger partial charge in [-0.15, -0.1) is 0 Å². The summed E-state index contributed by atoms with van der Waals surface area (Å²) in [5.41, 5.74) is 6.73. The Hall–Kier alpha value is -1.06. The maximum atomic E-state index is 10.8. The molecule has 1 atom stereocenters. The van der Waals surface area contributed by atoms with Gasteiger partial charge in [-0.05, 0) is 12.3 Å². The number of carbonyl (C=O) groups excluding carboxylic acids is 2. The molecule has 0 aromatic rings. The van der Waals surface area contributed by atoms with Gasteiger partial charge in [-0.1, -0.05) is 19.3 Å². The van der Waals surface area contributed by atoms with Gasteiger partial charge >= 0.3 is 0 Å². The van der Waals surface area contributed by atoms with Crippen molar-refractivity contribution in [2.45, 2.75) is 31.7 Å². The molecule has 1 saturated carbocycles. The van der Waals surface area contributed by atoms with Crippen LogP contribution in [-0.2, 0) is 9.59 Å². The molecule has 0 heterocycles. The van der Waals surface area contributed by atoms with Crippen molar-refractivity contribution in [1.82, 2.24) is 0 Å². The van der Waals surface area contributed by atoms with Crippen molar-refractivity contribution in [1.29, 1.82) is 5.53 Å². The predicted octanol–water partition coefficient (Wildman–Crippen LogP) is 1.34. The highest BCUT2D eigenvalue weighted by Gasteiger charge is 2.25. The fraction of sp³-hybridized carbons (Fsp3) is 0.750. The van der Waals surface area contributed by atoms with Crippen molar-refractivity contribution in [3.05, 3.63) is 0 Å². The van der Waals surface area contributed by atoms with E-state index in [-0.39, 0.29) is 6.29 Å². The normalized spacial score (nSPS) is 19.3. The monoisotopic (exact) mass is 168 g/mol. The van der Waals surface area contributed by atoms with E-state index < -0.39 is 11.8 Å². The summed E-state index contributed by atoms with van der Waals surface area (Å²) < 4.78 is 0. The summed E-state index contributed by atoms with van der Waals surface area (Å²) in [4.78, 5) is 20.9. The van der Waals surface area contributed by atoms with E-state index >= 15 is 0 Å². The second-order valence-corrected chi connectivity index (χ2v) is 3.20. The minimum Gasteiger partial charge on any atom is -0.295 e. The zero-order valence-corrected chi connectivity index (χ0v) is 6.82. The van der Waals surface area contributed by atoms with Crippen molar-refractivity contribution in [3.63, 3.8) is 0 Å². The Morgan fingerprint density at radius 3 is 2.67 bits per heavy atom. The Labute approximate surface area is 70.8 Å². The molecule has 0 radical (unpaired) electrons. The molecule has 1 rings (SSSR count). The first kappa shape index (κ1) is 9.03. The third-order valence-corrected chi connectivity index (χ3v) is 2.38. The molecule has 4 heteroatoms. The van der Waals surface area contributed by atoms with Gasteiger partial charge in [0, 0.05) is 0 Å². The SMILES string of the molecule is N=NC(CC1CCC1)C(=O)C=O. The maximum Gasteiger partial charge on any atom is 0.221 e. The van der Waals surface area contributed by atoms with E-state index in [0.29, 0.717) is 12.3 Å². The average molecular weight is 168 g/mol. The molecule has 66 valence electrons. The van der Waals surface area contributed by atoms with E-state index in [9.17, 15) is 9.59 Å². The van der Waals surface area contributed by atoms with Crippen LogP contribution in [0.3, 0.4) is 0 Å². The van der Waals surface area contributed by atoms with Gasteiger partial charge in [0.1, 0.15) is 6.04 Å². The standard InChI is InChI=1S/C8H12N2O2/c9-10-7(8(12)5-11)4-6-2-1-3-6/h5-7,9H,1-4H2. The van der Waals surface area contributed by atoms with Gasteiger partial charge in [0.2, 0.25) is 5.78 Å². The van der Waals surface area contributed by atoms with Crippen molar-refractivity contribution in [2.75, 3.05) is 0 Å². The summed E-state index contributed by atoms with van der Waals surface area (Å²) in [6.45, 7) is 0. The Balaban J connectivity index is 2.38. The predicted molar refractivity (Wildman–Crippen MR) is 42.0 cm³/mol. The van der Waals surface area contributed by atoms with Gasteiger partial charge in [0.25, 0.3) is 0 Å². The molecule has 0 aliphatic heterocycles. The van der Waals surface area contributed by atoms with E-state index in [1.54, 1.807) is 0 Å². The lowest BCUT2D eigenvalue weighted by atomic mass is 9.80. The fourth-order valence-corrected chi connectivity index (χ4v) is 1.36. The molecule has 0 bridgehead atoms. The van der Waals surface area contributed by atoms with E-state index in [1.807, 2.05) is 0 Å². The number of rotatable bonds is 5. The first-order chi connectivity index (χ1) is 5.77. The van der Waals surface area contributed by atoms with Crippen molar-refractivity contribution < 1.29 is 9.59 Å². The highest BCUT2D eigenvalue weighted by molar-refractivity contribution is 6.27. The maximum absolute atomic E-state index is 10.8. The van der Waals surface area contributed by atoms with Gasteiger partial charge in [-0.2, -0.15) is 5.11 Å². The number of ketones is 1. The van der Waals surface area contributed by atoms with Crippen LogP contribution in [0, 0.1) is 11.4 Å². The summed E-state index contributed by atoms with van der Waals surface area (Å²) in [5.74, 6) is -0.0510. The van der Waals surface area contributed by atoms with Crippen LogP contribution >= 0.6 is 0 Å². The molecule has 1 aliphatic rings. The molecule has 0 aromatic carbocycles. The van der Waals surface area contributed by atoms with Crippen LogP contribution in [0.2, 0.25) is 0 Å². The summed E-state index contributed by atoms with van der Waals surface area (Å²) in [6.07, 6.45) is 4.27. The zero-order chi connectivity index (χ0) is 8.97. The Morgan fingerprint density at radius 1 is 1.67 bits per heavy atom. The van der Waals surface area contributed by atoms with Crippen molar-refractivity contribution >= 4 is 12.1 Å². The Bertz CT molecular complexity index is 199. The zero-order valence-electron chi connectivity index (χ0n) is 6.82. The van der Waals surface area contributed by atoms with Crippen LogP contribution in [0.25, 0.3) is 0 Å². The molecule has 1 N–H and O–H groups in total. The van der Waals surface area contributed by atoms with E-state index in [0.717, 1.165) is 12.8 Å². The summed E-state index contributed by atoms with van der Waals surface area (Å²) >= 11 is 0. The smallest absolute Gasteiger partial charge is 0.221 e. The quantitative estimate of drug-likeness (QED) is 0.382. The molecule has 1 unspecified atom stereocenters. The van der Waals surface area contributed by atoms with Crippen LogP contribution in [0.5, 0.6) is 0 Å². The van der Waals surface area contributed by atoms with Crippen molar-refractivity contribution in [2.24, 2.45) is 11.0 Å². The minimum absolute atomic E-state index is 0.265. The summed E-state index contributed by atoms with van der Waals surface area (Å²) in [6, 6.07) is -0.701. The van der Waals surface area contributed by atoms with Crippen LogP contribution < -0.4 is 0 Å². The number of nitrogens with zero attached hydrogens (tertiary/aromatic N) is 1. The molecule has 4 nitrogen and oxygen atoms in total. The lowest BCUT2D eigenvalue weighted by molar-refractivity contribution is -0.131. The number of aldehydes is 1. The van der Waals surface area contributed by atoms with E-state index in [2.05, 4.69) is 5.11 Å². The third kappa shape index (κ3) is 1.96. The van der Waals surface area contributed by atoms with Crippen LogP contribution in [0.15, 0.2) is 5.11 Å². The number of nitrogens with one attached hydrogen (secondary N) is 1. The number of hydrogen-bond donors (Lipinski definition) is 1. The number of carbonyl (C=O) groups is 2. The topological polar surface area (TPSA) is 70.3 Å². The first-order valence-corrected chi connectivity index (χ1v) is 4.13. The molecule has 1 aliphatic carbocycles. The Morgan fingerprint density at radius 2 is 2.33 bits per heavy atom. The van der Waals surface area contributed by atoms with Crippen LogP contribution in [0.1, 0.15) is 25.7 Å². The fourth-order valence-electron chi connectivity index (χ4n) is 1.36. The largest absolute Gasteiger partial charge is 0.295 e. The van der Waals surface area contributed by atoms with Crippen LogP contribution in [-0.4, -0.2) is 18.1 Å². The molecule has 1 fully saturated rings. The first-order valence-electron chi connectivity index (χ1n) is 4.13. The lowest BCUT2D eigenvalue weighted by Gasteiger charge is -2.26. The molecular weight excluding hydrogens is 156 g/mol. The number of hydrogen-bond acceptors (Lipinski definition) is 4. The third-order valence-electron chi connectivity index (χ3n) is 2.38. The van der Waals surface area contributed by atoms with Gasteiger partial charge in [-0.25, -0.2) is 5.53 Å². The summed E-state index contributed by atoms with van der Waals surface area (Å²) in [5, 5.41) is 3.15. The number of Topliss-reactive ketones (excluding diaryl/α,β-unsaturated/α-hetero) is 1. The second-order valence-electron chi connectivity index (χ2n) is 3.20. The highest BCUT2D eigenvalue weighted by Crippen LogP contribution is 2.31. The second kappa shape index (κ2) is 4.09. The van der Waals surface area contributed by atoms with E-state index in [4.69, 9.17) is 5.53 Å². The molecule has 0 spiro atoms. The minimum atomic E-state index is -0.701. The Kier molecular flexibility index (Phi) is 3.08. The van der Waals surface area contributed by atoms with Gasteiger partial charge in [0.15, 0.2) is 6.29 Å². The van der Waals surface area contributed by atoms with Gasteiger partial charge in [0.05, 0.1) is 0 Å². The van der Waals surface area contributed by atoms with Crippen LogP contribution in [0.4, 0.5) is 0 Å². The molecular formula is C8H12N2O2. The van der Waals surface area contributed by atoms with E-state index in [1.165, 1.54) is 6.42 Å². The molecule has 12 heavy (non-hydrogen) atoms. The summed E-state index contributed by atoms with van der Waals surface area (Å²) in [7, 11) is 0. The van der Waals surface area contributed by atoms with Crippen molar-refractivity contribution in [3.8, 4) is 0 Å². The molecule has 0 amide bonds. The lowest BCUT2D eigenvalue weighted by Crippen LogP contribution is -2.25.